The van der Waals surface area contributed by atoms with E-state index in [4.69, 9.17) is 9.47 Å². The van der Waals surface area contributed by atoms with E-state index in [1.165, 1.54) is 26.4 Å². The highest BCUT2D eigenvalue weighted by Gasteiger charge is 2.29. The van der Waals surface area contributed by atoms with Crippen LogP contribution in [0.25, 0.3) is 0 Å². The summed E-state index contributed by atoms with van der Waals surface area (Å²) in [7, 11) is -1.09. The Hall–Kier alpha value is -3.53. The largest absolute Gasteiger partial charge is 0.497 e. The van der Waals surface area contributed by atoms with Gasteiger partial charge in [-0.3, -0.25) is 9.10 Å². The SMILES string of the molecule is COc1ccc(N(CC(=O)NCCCn2ccnc2)S(=O)(=O)c2ccccc2)c(OC)c1. The Morgan fingerprint density at radius 3 is 2.56 bits per heavy atom. The van der Waals surface area contributed by atoms with E-state index < -0.39 is 22.5 Å². The number of methoxy groups -OCH3 is 2. The third-order valence-electron chi connectivity index (χ3n) is 4.75. The number of ether oxygens (including phenoxy) is 2. The van der Waals surface area contributed by atoms with Crippen LogP contribution in [0.1, 0.15) is 6.42 Å². The number of anilines is 1. The summed E-state index contributed by atoms with van der Waals surface area (Å²) in [6.07, 6.45) is 5.91. The van der Waals surface area contributed by atoms with Crippen LogP contribution >= 0.6 is 0 Å². The van der Waals surface area contributed by atoms with Crippen molar-refractivity contribution in [2.24, 2.45) is 0 Å². The number of aryl methyl sites for hydroxylation is 1. The van der Waals surface area contributed by atoms with Gasteiger partial charge in [-0.2, -0.15) is 0 Å². The van der Waals surface area contributed by atoms with Crippen LogP contribution < -0.4 is 19.1 Å². The molecule has 32 heavy (non-hydrogen) atoms. The van der Waals surface area contributed by atoms with E-state index in [9.17, 15) is 13.2 Å². The summed E-state index contributed by atoms with van der Waals surface area (Å²) in [4.78, 5) is 16.7. The third kappa shape index (κ3) is 5.58. The first kappa shape index (κ1) is 23.1. The van der Waals surface area contributed by atoms with Crippen LogP contribution in [0, 0.1) is 0 Å². The first-order chi connectivity index (χ1) is 15.5. The van der Waals surface area contributed by atoms with Gasteiger partial charge >= 0.3 is 0 Å². The highest BCUT2D eigenvalue weighted by Crippen LogP contribution is 2.35. The predicted molar refractivity (Wildman–Crippen MR) is 120 cm³/mol. The van der Waals surface area contributed by atoms with Crippen LogP contribution in [0.5, 0.6) is 11.5 Å². The Morgan fingerprint density at radius 1 is 1.12 bits per heavy atom. The maximum atomic E-state index is 13.4. The summed E-state index contributed by atoms with van der Waals surface area (Å²) < 4.78 is 40.4. The van der Waals surface area contributed by atoms with Crippen LogP contribution in [-0.2, 0) is 21.4 Å². The molecule has 0 saturated carbocycles. The van der Waals surface area contributed by atoms with E-state index in [0.29, 0.717) is 25.3 Å². The molecule has 2 aromatic carbocycles. The van der Waals surface area contributed by atoms with Crippen molar-refractivity contribution in [3.63, 3.8) is 0 Å². The quantitative estimate of drug-likeness (QED) is 0.443. The molecule has 3 rings (SSSR count). The van der Waals surface area contributed by atoms with Gasteiger partial charge in [0.1, 0.15) is 18.0 Å². The fourth-order valence-electron chi connectivity index (χ4n) is 3.11. The Morgan fingerprint density at radius 2 is 1.91 bits per heavy atom. The molecule has 0 aliphatic heterocycles. The van der Waals surface area contributed by atoms with Gasteiger partial charge < -0.3 is 19.4 Å². The van der Waals surface area contributed by atoms with Crippen molar-refractivity contribution in [3.8, 4) is 11.5 Å². The number of hydrogen-bond donors (Lipinski definition) is 1. The fourth-order valence-corrected chi connectivity index (χ4v) is 4.56. The maximum Gasteiger partial charge on any atom is 0.264 e. The van der Waals surface area contributed by atoms with Crippen molar-refractivity contribution in [1.82, 2.24) is 14.9 Å². The van der Waals surface area contributed by atoms with E-state index in [2.05, 4.69) is 10.3 Å². The summed E-state index contributed by atoms with van der Waals surface area (Å²) in [5.41, 5.74) is 0.241. The van der Waals surface area contributed by atoms with Gasteiger partial charge in [0.15, 0.2) is 0 Å². The van der Waals surface area contributed by atoms with Crippen molar-refractivity contribution in [1.29, 1.82) is 0 Å². The molecule has 0 bridgehead atoms. The molecule has 9 nitrogen and oxygen atoms in total. The minimum Gasteiger partial charge on any atom is -0.497 e. The monoisotopic (exact) mass is 458 g/mol. The average molecular weight is 459 g/mol. The highest BCUT2D eigenvalue weighted by atomic mass is 32.2. The van der Waals surface area contributed by atoms with Gasteiger partial charge in [0.05, 0.1) is 31.1 Å². The molecule has 0 aliphatic carbocycles. The zero-order valence-corrected chi connectivity index (χ0v) is 18.8. The summed E-state index contributed by atoms with van der Waals surface area (Å²) in [6, 6.07) is 12.7. The van der Waals surface area contributed by atoms with Crippen molar-refractivity contribution in [2.45, 2.75) is 17.9 Å². The molecule has 0 spiro atoms. The molecule has 1 aromatic heterocycles. The summed E-state index contributed by atoms with van der Waals surface area (Å²) in [5, 5.41) is 2.78. The molecule has 10 heteroatoms. The molecule has 0 fully saturated rings. The van der Waals surface area contributed by atoms with Crippen molar-refractivity contribution < 1.29 is 22.7 Å². The molecule has 3 aromatic rings. The lowest BCUT2D eigenvalue weighted by molar-refractivity contribution is -0.119. The van der Waals surface area contributed by atoms with Crippen molar-refractivity contribution in [3.05, 3.63) is 67.3 Å². The van der Waals surface area contributed by atoms with Gasteiger partial charge in [-0.05, 0) is 30.7 Å². The number of hydrogen-bond acceptors (Lipinski definition) is 6. The Bertz CT molecular complexity index is 1120. The molecule has 0 aliphatic rings. The smallest absolute Gasteiger partial charge is 0.264 e. The Labute approximate surface area is 187 Å². The van der Waals surface area contributed by atoms with Crippen molar-refractivity contribution in [2.75, 3.05) is 31.6 Å². The zero-order chi connectivity index (χ0) is 23.0. The first-order valence-corrected chi connectivity index (χ1v) is 11.4. The van der Waals surface area contributed by atoms with Crippen LogP contribution in [0.4, 0.5) is 5.69 Å². The molecule has 0 atom stereocenters. The number of aromatic nitrogens is 2. The molecule has 1 N–H and O–H groups in total. The average Bonchev–Trinajstić information content (AvgIpc) is 3.34. The first-order valence-electron chi connectivity index (χ1n) is 9.98. The van der Waals surface area contributed by atoms with Crippen LogP contribution in [0.3, 0.4) is 0 Å². The van der Waals surface area contributed by atoms with Gasteiger partial charge in [0.2, 0.25) is 5.91 Å². The number of amides is 1. The van der Waals surface area contributed by atoms with E-state index in [0.717, 1.165) is 4.31 Å². The fraction of sp³-hybridized carbons (Fsp3) is 0.273. The number of benzene rings is 2. The number of nitrogens with zero attached hydrogens (tertiary/aromatic N) is 3. The van der Waals surface area contributed by atoms with Gasteiger partial charge in [0.25, 0.3) is 10.0 Å². The molecule has 0 radical (unpaired) electrons. The van der Waals surface area contributed by atoms with E-state index in [1.807, 2.05) is 10.8 Å². The highest BCUT2D eigenvalue weighted by molar-refractivity contribution is 7.92. The van der Waals surface area contributed by atoms with Crippen LogP contribution in [0.15, 0.2) is 72.1 Å². The van der Waals surface area contributed by atoms with Crippen molar-refractivity contribution >= 4 is 21.6 Å². The summed E-state index contributed by atoms with van der Waals surface area (Å²) in [6.45, 7) is 0.694. The molecule has 1 amide bonds. The molecule has 0 unspecified atom stereocenters. The lowest BCUT2D eigenvalue weighted by Crippen LogP contribution is -2.41. The minimum atomic E-state index is -4.03. The number of carbonyl (C=O) groups excluding carboxylic acids is 1. The summed E-state index contributed by atoms with van der Waals surface area (Å²) in [5.74, 6) is 0.358. The standard InChI is InChI=1S/C22H26N4O5S/c1-30-18-9-10-20(21(15-18)31-2)26(32(28,29)19-7-4-3-5-8-19)16-22(27)24-11-6-13-25-14-12-23-17-25/h3-5,7-10,12,14-15,17H,6,11,13,16H2,1-2H3,(H,24,27). The van der Waals surface area contributed by atoms with E-state index in [-0.39, 0.29) is 16.3 Å². The number of rotatable bonds is 11. The van der Waals surface area contributed by atoms with E-state index >= 15 is 0 Å². The van der Waals surface area contributed by atoms with Gasteiger partial charge in [-0.15, -0.1) is 0 Å². The molecule has 1 heterocycles. The molecular weight excluding hydrogens is 432 g/mol. The van der Waals surface area contributed by atoms with Gasteiger partial charge in [-0.25, -0.2) is 13.4 Å². The Balaban J connectivity index is 1.82. The second-order valence-electron chi connectivity index (χ2n) is 6.87. The number of imidazole rings is 1. The maximum absolute atomic E-state index is 13.4. The Kier molecular flexibility index (Phi) is 7.72. The normalized spacial score (nSPS) is 11.1. The number of carbonyl (C=O) groups is 1. The molecule has 0 saturated heterocycles. The second-order valence-corrected chi connectivity index (χ2v) is 8.73. The minimum absolute atomic E-state index is 0.0748. The van der Waals surface area contributed by atoms with Gasteiger partial charge in [0, 0.05) is 31.5 Å². The lowest BCUT2D eigenvalue weighted by atomic mass is 10.2. The van der Waals surface area contributed by atoms with Crippen LogP contribution in [0.2, 0.25) is 0 Å². The predicted octanol–water partition coefficient (Wildman–Crippen LogP) is 2.30. The number of nitrogens with one attached hydrogen (secondary N) is 1. The zero-order valence-electron chi connectivity index (χ0n) is 18.0. The lowest BCUT2D eigenvalue weighted by Gasteiger charge is -2.26. The van der Waals surface area contributed by atoms with Gasteiger partial charge in [-0.1, -0.05) is 18.2 Å². The molecule has 170 valence electrons. The summed E-state index contributed by atoms with van der Waals surface area (Å²) >= 11 is 0. The second kappa shape index (κ2) is 10.7. The topological polar surface area (TPSA) is 103 Å². The van der Waals surface area contributed by atoms with Crippen LogP contribution in [-0.4, -0.2) is 51.2 Å². The van der Waals surface area contributed by atoms with E-state index in [1.54, 1.807) is 48.9 Å². The molecular formula is C22H26N4O5S. The third-order valence-corrected chi connectivity index (χ3v) is 6.52. The number of sulfonamides is 1.